The Morgan fingerprint density at radius 1 is 1.00 bits per heavy atom. The number of hydrogen-bond acceptors (Lipinski definition) is 1. The molecule has 0 aliphatic carbocycles. The smallest absolute Gasteiger partial charge is 0.0542 e. The second kappa shape index (κ2) is 8.55. The Morgan fingerprint density at radius 2 is 1.54 bits per heavy atom. The SMILES string of the molecule is CCCCC(C)CC(O)CCCC. The first-order valence-corrected chi connectivity index (χ1v) is 5.88. The van der Waals surface area contributed by atoms with E-state index in [1.165, 1.54) is 32.1 Å². The molecular weight excluding hydrogens is 160 g/mol. The number of hydrogen-bond donors (Lipinski definition) is 1. The zero-order valence-electron chi connectivity index (χ0n) is 9.55. The van der Waals surface area contributed by atoms with Crippen molar-refractivity contribution in [2.45, 2.75) is 71.8 Å². The molecule has 0 aliphatic rings. The lowest BCUT2D eigenvalue weighted by Gasteiger charge is -2.15. The number of aliphatic hydroxyl groups excluding tert-OH is 1. The minimum atomic E-state index is -0.0493. The Bertz CT molecular complexity index is 89.3. The van der Waals surface area contributed by atoms with Crippen LogP contribution in [0.2, 0.25) is 0 Å². The third kappa shape index (κ3) is 8.29. The van der Waals surface area contributed by atoms with Crippen LogP contribution in [0.15, 0.2) is 0 Å². The molecule has 2 atom stereocenters. The first-order chi connectivity index (χ1) is 6.20. The van der Waals surface area contributed by atoms with Crippen molar-refractivity contribution in [3.05, 3.63) is 0 Å². The van der Waals surface area contributed by atoms with E-state index in [0.717, 1.165) is 12.8 Å². The molecule has 0 rings (SSSR count). The van der Waals surface area contributed by atoms with Gasteiger partial charge in [-0.25, -0.2) is 0 Å². The van der Waals surface area contributed by atoms with Gasteiger partial charge in [-0.05, 0) is 18.8 Å². The van der Waals surface area contributed by atoms with Crippen molar-refractivity contribution in [2.75, 3.05) is 0 Å². The highest BCUT2D eigenvalue weighted by molar-refractivity contribution is 4.61. The Kier molecular flexibility index (Phi) is 8.53. The number of rotatable bonds is 8. The summed E-state index contributed by atoms with van der Waals surface area (Å²) in [6.45, 7) is 6.65. The van der Waals surface area contributed by atoms with Gasteiger partial charge in [0.2, 0.25) is 0 Å². The van der Waals surface area contributed by atoms with Gasteiger partial charge in [0.1, 0.15) is 0 Å². The second-order valence-electron chi connectivity index (χ2n) is 4.28. The molecule has 0 heterocycles. The third-order valence-corrected chi connectivity index (χ3v) is 2.62. The van der Waals surface area contributed by atoms with E-state index in [1.807, 2.05) is 0 Å². The predicted molar refractivity (Wildman–Crippen MR) is 58.8 cm³/mol. The van der Waals surface area contributed by atoms with Crippen LogP contribution in [0.25, 0.3) is 0 Å². The lowest BCUT2D eigenvalue weighted by atomic mass is 9.95. The minimum Gasteiger partial charge on any atom is -0.393 e. The molecule has 13 heavy (non-hydrogen) atoms. The maximum Gasteiger partial charge on any atom is 0.0542 e. The summed E-state index contributed by atoms with van der Waals surface area (Å²) in [5.74, 6) is 0.701. The molecule has 0 aliphatic heterocycles. The van der Waals surface area contributed by atoms with E-state index in [1.54, 1.807) is 0 Å². The molecule has 0 saturated carbocycles. The minimum absolute atomic E-state index is 0.0493. The quantitative estimate of drug-likeness (QED) is 0.612. The first-order valence-electron chi connectivity index (χ1n) is 5.88. The summed E-state index contributed by atoms with van der Waals surface area (Å²) >= 11 is 0. The van der Waals surface area contributed by atoms with Gasteiger partial charge in [-0.2, -0.15) is 0 Å². The van der Waals surface area contributed by atoms with Crippen LogP contribution < -0.4 is 0 Å². The van der Waals surface area contributed by atoms with Crippen molar-refractivity contribution in [2.24, 2.45) is 5.92 Å². The lowest BCUT2D eigenvalue weighted by Crippen LogP contribution is -2.11. The average Bonchev–Trinajstić information content (AvgIpc) is 2.11. The van der Waals surface area contributed by atoms with Crippen molar-refractivity contribution in [3.63, 3.8) is 0 Å². The van der Waals surface area contributed by atoms with Gasteiger partial charge >= 0.3 is 0 Å². The van der Waals surface area contributed by atoms with E-state index < -0.39 is 0 Å². The van der Waals surface area contributed by atoms with Crippen molar-refractivity contribution < 1.29 is 5.11 Å². The highest BCUT2D eigenvalue weighted by Gasteiger charge is 2.08. The molecule has 0 spiro atoms. The van der Waals surface area contributed by atoms with E-state index in [-0.39, 0.29) is 6.10 Å². The molecule has 80 valence electrons. The maximum atomic E-state index is 9.65. The fraction of sp³-hybridized carbons (Fsp3) is 1.00. The summed E-state index contributed by atoms with van der Waals surface area (Å²) < 4.78 is 0. The summed E-state index contributed by atoms with van der Waals surface area (Å²) in [6, 6.07) is 0. The molecule has 1 nitrogen and oxygen atoms in total. The fourth-order valence-corrected chi connectivity index (χ4v) is 1.69. The molecule has 0 aromatic carbocycles. The summed E-state index contributed by atoms with van der Waals surface area (Å²) in [5.41, 5.74) is 0. The molecule has 2 unspecified atom stereocenters. The van der Waals surface area contributed by atoms with E-state index in [9.17, 15) is 5.11 Å². The number of unbranched alkanes of at least 4 members (excludes halogenated alkanes) is 2. The van der Waals surface area contributed by atoms with Gasteiger partial charge in [0.15, 0.2) is 0 Å². The molecule has 0 bridgehead atoms. The van der Waals surface area contributed by atoms with Gasteiger partial charge < -0.3 is 5.11 Å². The van der Waals surface area contributed by atoms with Crippen molar-refractivity contribution in [3.8, 4) is 0 Å². The van der Waals surface area contributed by atoms with E-state index >= 15 is 0 Å². The Morgan fingerprint density at radius 3 is 2.08 bits per heavy atom. The van der Waals surface area contributed by atoms with Gasteiger partial charge in [0.05, 0.1) is 6.10 Å². The maximum absolute atomic E-state index is 9.65. The molecule has 1 heteroatoms. The van der Waals surface area contributed by atoms with Crippen LogP contribution in [-0.2, 0) is 0 Å². The van der Waals surface area contributed by atoms with Crippen molar-refractivity contribution >= 4 is 0 Å². The van der Waals surface area contributed by atoms with Crippen LogP contribution in [0, 0.1) is 5.92 Å². The van der Waals surface area contributed by atoms with Crippen LogP contribution in [0.1, 0.15) is 65.7 Å². The molecule has 0 aromatic rings. The average molecular weight is 186 g/mol. The lowest BCUT2D eigenvalue weighted by molar-refractivity contribution is 0.131. The predicted octanol–water partition coefficient (Wildman–Crippen LogP) is 3.75. The molecule has 0 fully saturated rings. The van der Waals surface area contributed by atoms with Crippen LogP contribution >= 0.6 is 0 Å². The van der Waals surface area contributed by atoms with Crippen LogP contribution in [0.4, 0.5) is 0 Å². The Balaban J connectivity index is 3.35. The molecular formula is C12H26O. The largest absolute Gasteiger partial charge is 0.393 e. The van der Waals surface area contributed by atoms with Crippen molar-refractivity contribution in [1.29, 1.82) is 0 Å². The summed E-state index contributed by atoms with van der Waals surface area (Å²) in [5, 5.41) is 9.65. The van der Waals surface area contributed by atoms with Gasteiger partial charge in [-0.15, -0.1) is 0 Å². The van der Waals surface area contributed by atoms with Gasteiger partial charge in [-0.3, -0.25) is 0 Å². The monoisotopic (exact) mass is 186 g/mol. The normalized spacial score (nSPS) is 15.7. The highest BCUT2D eigenvalue weighted by atomic mass is 16.3. The molecule has 0 radical (unpaired) electrons. The van der Waals surface area contributed by atoms with Gasteiger partial charge in [0.25, 0.3) is 0 Å². The van der Waals surface area contributed by atoms with Crippen LogP contribution in [0.5, 0.6) is 0 Å². The van der Waals surface area contributed by atoms with E-state index in [2.05, 4.69) is 20.8 Å². The molecule has 0 amide bonds. The molecule has 0 aromatic heterocycles. The van der Waals surface area contributed by atoms with E-state index in [4.69, 9.17) is 0 Å². The van der Waals surface area contributed by atoms with Gasteiger partial charge in [-0.1, -0.05) is 52.9 Å². The Labute approximate surface area is 83.5 Å². The summed E-state index contributed by atoms with van der Waals surface area (Å²) in [4.78, 5) is 0. The second-order valence-corrected chi connectivity index (χ2v) is 4.28. The third-order valence-electron chi connectivity index (χ3n) is 2.62. The van der Waals surface area contributed by atoms with Crippen molar-refractivity contribution in [1.82, 2.24) is 0 Å². The topological polar surface area (TPSA) is 20.2 Å². The summed E-state index contributed by atoms with van der Waals surface area (Å²) in [7, 11) is 0. The molecule has 0 saturated heterocycles. The zero-order valence-corrected chi connectivity index (χ0v) is 9.55. The fourth-order valence-electron chi connectivity index (χ4n) is 1.69. The standard InChI is InChI=1S/C12H26O/c1-4-6-8-11(3)10-12(13)9-7-5-2/h11-13H,4-10H2,1-3H3. The summed E-state index contributed by atoms with van der Waals surface area (Å²) in [6.07, 6.45) is 8.16. The van der Waals surface area contributed by atoms with Gasteiger partial charge in [0, 0.05) is 0 Å². The highest BCUT2D eigenvalue weighted by Crippen LogP contribution is 2.16. The van der Waals surface area contributed by atoms with Crippen LogP contribution in [0.3, 0.4) is 0 Å². The van der Waals surface area contributed by atoms with E-state index in [0.29, 0.717) is 5.92 Å². The molecule has 1 N–H and O–H groups in total. The number of aliphatic hydroxyl groups is 1. The zero-order chi connectivity index (χ0) is 10.1. The van der Waals surface area contributed by atoms with Crippen LogP contribution in [-0.4, -0.2) is 11.2 Å². The first kappa shape index (κ1) is 13.0. The Hall–Kier alpha value is -0.0400.